The number of ether oxygens (including phenoxy) is 1. The van der Waals surface area contributed by atoms with Gasteiger partial charge in [0.2, 0.25) is 5.91 Å². The van der Waals surface area contributed by atoms with Crippen LogP contribution in [-0.4, -0.2) is 49.3 Å². The van der Waals surface area contributed by atoms with Crippen LogP contribution in [0.5, 0.6) is 5.75 Å². The lowest BCUT2D eigenvalue weighted by Gasteiger charge is -2.23. The van der Waals surface area contributed by atoms with Crippen molar-refractivity contribution in [3.8, 4) is 5.75 Å². The highest BCUT2D eigenvalue weighted by atomic mass is 16.5. The molecule has 1 aliphatic rings. The van der Waals surface area contributed by atoms with Crippen molar-refractivity contribution in [1.82, 2.24) is 10.2 Å². The lowest BCUT2D eigenvalue weighted by molar-refractivity contribution is -0.131. The fraction of sp³-hybridized carbons (Fsp3) is 0.562. The molecule has 1 aromatic carbocycles. The second-order valence-corrected chi connectivity index (χ2v) is 5.43. The summed E-state index contributed by atoms with van der Waals surface area (Å²) in [6.07, 6.45) is 2.53. The largest absolute Gasteiger partial charge is 0.496 e. The van der Waals surface area contributed by atoms with E-state index in [1.54, 1.807) is 12.0 Å². The molecular formula is C16H24N2O3. The number of carbonyl (C=O) groups is 1. The lowest BCUT2D eigenvalue weighted by atomic mass is 10.2. The standard InChI is InChI=1S/C16H24N2O3/c1-21-15-5-3-2-4-14(15)12-18(8-9-19)16(20)11-17-10-13-6-7-13/h2-5,13,17,19H,6-12H2,1H3. The van der Waals surface area contributed by atoms with Gasteiger partial charge in [-0.3, -0.25) is 4.79 Å². The van der Waals surface area contributed by atoms with Gasteiger partial charge in [0.15, 0.2) is 0 Å². The van der Waals surface area contributed by atoms with E-state index in [4.69, 9.17) is 9.84 Å². The quantitative estimate of drug-likeness (QED) is 0.713. The fourth-order valence-electron chi connectivity index (χ4n) is 2.27. The number of carbonyl (C=O) groups excluding carboxylic acids is 1. The third kappa shape index (κ3) is 5.02. The lowest BCUT2D eigenvalue weighted by Crippen LogP contribution is -2.39. The molecule has 1 saturated carbocycles. The summed E-state index contributed by atoms with van der Waals surface area (Å²) in [5.74, 6) is 1.52. The van der Waals surface area contributed by atoms with E-state index in [0.717, 1.165) is 23.8 Å². The number of amides is 1. The molecule has 2 N–H and O–H groups in total. The number of hydrogen-bond donors (Lipinski definition) is 2. The molecule has 2 rings (SSSR count). The fourth-order valence-corrected chi connectivity index (χ4v) is 2.27. The van der Waals surface area contributed by atoms with Crippen LogP contribution in [0.15, 0.2) is 24.3 Å². The monoisotopic (exact) mass is 292 g/mol. The first-order valence-corrected chi connectivity index (χ1v) is 7.46. The molecule has 0 aromatic heterocycles. The van der Waals surface area contributed by atoms with Gasteiger partial charge in [0.25, 0.3) is 0 Å². The Balaban J connectivity index is 1.91. The Bertz CT molecular complexity index is 461. The van der Waals surface area contributed by atoms with Crippen molar-refractivity contribution in [3.05, 3.63) is 29.8 Å². The van der Waals surface area contributed by atoms with Crippen molar-refractivity contribution in [2.24, 2.45) is 5.92 Å². The topological polar surface area (TPSA) is 61.8 Å². The third-order valence-electron chi connectivity index (χ3n) is 3.68. The van der Waals surface area contributed by atoms with E-state index in [2.05, 4.69) is 5.32 Å². The summed E-state index contributed by atoms with van der Waals surface area (Å²) < 4.78 is 5.31. The Morgan fingerprint density at radius 1 is 1.43 bits per heavy atom. The normalized spacial score (nSPS) is 14.0. The third-order valence-corrected chi connectivity index (χ3v) is 3.68. The Kier molecular flexibility index (Phi) is 6.02. The zero-order valence-corrected chi connectivity index (χ0v) is 12.5. The number of rotatable bonds is 9. The van der Waals surface area contributed by atoms with Gasteiger partial charge in [-0.25, -0.2) is 0 Å². The smallest absolute Gasteiger partial charge is 0.236 e. The summed E-state index contributed by atoms with van der Waals surface area (Å²) in [6, 6.07) is 7.64. The number of hydrogen-bond acceptors (Lipinski definition) is 4. The maximum absolute atomic E-state index is 12.3. The van der Waals surface area contributed by atoms with Gasteiger partial charge in [-0.2, -0.15) is 0 Å². The predicted octanol–water partition coefficient (Wildman–Crippen LogP) is 1.02. The first-order chi connectivity index (χ1) is 10.2. The summed E-state index contributed by atoms with van der Waals surface area (Å²) in [4.78, 5) is 13.9. The Hall–Kier alpha value is -1.59. The molecule has 0 aliphatic heterocycles. The van der Waals surface area contributed by atoms with Gasteiger partial charge in [0.05, 0.1) is 20.3 Å². The highest BCUT2D eigenvalue weighted by molar-refractivity contribution is 5.78. The van der Waals surface area contributed by atoms with Crippen LogP contribution in [0.4, 0.5) is 0 Å². The van der Waals surface area contributed by atoms with E-state index < -0.39 is 0 Å². The van der Waals surface area contributed by atoms with E-state index in [1.165, 1.54) is 12.8 Å². The van der Waals surface area contributed by atoms with Gasteiger partial charge >= 0.3 is 0 Å². The molecule has 21 heavy (non-hydrogen) atoms. The summed E-state index contributed by atoms with van der Waals surface area (Å²) in [5.41, 5.74) is 0.948. The number of benzene rings is 1. The molecule has 0 unspecified atom stereocenters. The van der Waals surface area contributed by atoms with Gasteiger partial charge in [0.1, 0.15) is 5.75 Å². The minimum Gasteiger partial charge on any atom is -0.496 e. The van der Waals surface area contributed by atoms with Gasteiger partial charge in [0, 0.05) is 18.7 Å². The van der Waals surface area contributed by atoms with E-state index >= 15 is 0 Å². The summed E-state index contributed by atoms with van der Waals surface area (Å²) in [6.45, 7) is 1.99. The van der Waals surface area contributed by atoms with Gasteiger partial charge in [-0.15, -0.1) is 0 Å². The van der Waals surface area contributed by atoms with Crippen LogP contribution < -0.4 is 10.1 Å². The van der Waals surface area contributed by atoms with Gasteiger partial charge in [-0.1, -0.05) is 18.2 Å². The maximum Gasteiger partial charge on any atom is 0.236 e. The predicted molar refractivity (Wildman–Crippen MR) is 81.1 cm³/mol. The summed E-state index contributed by atoms with van der Waals surface area (Å²) in [7, 11) is 1.62. The number of nitrogens with zero attached hydrogens (tertiary/aromatic N) is 1. The first kappa shape index (κ1) is 15.8. The Labute approximate surface area is 125 Å². The molecule has 1 amide bonds. The van der Waals surface area contributed by atoms with Crippen molar-refractivity contribution in [3.63, 3.8) is 0 Å². The van der Waals surface area contributed by atoms with Crippen LogP contribution in [-0.2, 0) is 11.3 Å². The minimum atomic E-state index is -0.0382. The SMILES string of the molecule is COc1ccccc1CN(CCO)C(=O)CNCC1CC1. The molecule has 0 radical (unpaired) electrons. The second kappa shape index (κ2) is 8.00. The van der Waals surface area contributed by atoms with Crippen LogP contribution in [0.25, 0.3) is 0 Å². The average molecular weight is 292 g/mol. The number of para-hydroxylation sites is 1. The highest BCUT2D eigenvalue weighted by Gasteiger charge is 2.21. The van der Waals surface area contributed by atoms with Crippen LogP contribution in [0.3, 0.4) is 0 Å². The maximum atomic E-state index is 12.3. The van der Waals surface area contributed by atoms with Crippen molar-refractivity contribution in [2.45, 2.75) is 19.4 Å². The van der Waals surface area contributed by atoms with Crippen molar-refractivity contribution in [1.29, 1.82) is 0 Å². The van der Waals surface area contributed by atoms with Crippen LogP contribution in [0.2, 0.25) is 0 Å². The molecule has 5 heteroatoms. The summed E-state index contributed by atoms with van der Waals surface area (Å²) >= 11 is 0. The molecule has 0 spiro atoms. The zero-order valence-electron chi connectivity index (χ0n) is 12.5. The van der Waals surface area contributed by atoms with Crippen molar-refractivity contribution >= 4 is 5.91 Å². The van der Waals surface area contributed by atoms with E-state index in [1.807, 2.05) is 24.3 Å². The molecule has 1 fully saturated rings. The molecule has 0 heterocycles. The molecule has 5 nitrogen and oxygen atoms in total. The molecule has 0 saturated heterocycles. The summed E-state index contributed by atoms with van der Waals surface area (Å²) in [5, 5.41) is 12.4. The molecule has 0 atom stereocenters. The number of aliphatic hydroxyl groups excluding tert-OH is 1. The van der Waals surface area contributed by atoms with Crippen LogP contribution >= 0.6 is 0 Å². The van der Waals surface area contributed by atoms with Gasteiger partial charge in [-0.05, 0) is 31.4 Å². The molecule has 1 aromatic rings. The van der Waals surface area contributed by atoms with E-state index in [9.17, 15) is 4.79 Å². The van der Waals surface area contributed by atoms with Gasteiger partial charge < -0.3 is 20.1 Å². The number of aliphatic hydroxyl groups is 1. The Morgan fingerprint density at radius 3 is 2.86 bits per heavy atom. The second-order valence-electron chi connectivity index (χ2n) is 5.43. The molecular weight excluding hydrogens is 268 g/mol. The van der Waals surface area contributed by atoms with Crippen molar-refractivity contribution in [2.75, 3.05) is 33.4 Å². The van der Waals surface area contributed by atoms with Crippen LogP contribution in [0.1, 0.15) is 18.4 Å². The first-order valence-electron chi connectivity index (χ1n) is 7.46. The molecule has 116 valence electrons. The molecule has 0 bridgehead atoms. The highest BCUT2D eigenvalue weighted by Crippen LogP contribution is 2.27. The number of methoxy groups -OCH3 is 1. The average Bonchev–Trinajstić information content (AvgIpc) is 3.31. The minimum absolute atomic E-state index is 0.00982. The van der Waals surface area contributed by atoms with Crippen LogP contribution in [0, 0.1) is 5.92 Å². The Morgan fingerprint density at radius 2 is 2.19 bits per heavy atom. The number of nitrogens with one attached hydrogen (secondary N) is 1. The van der Waals surface area contributed by atoms with E-state index in [-0.39, 0.29) is 12.5 Å². The van der Waals surface area contributed by atoms with Crippen molar-refractivity contribution < 1.29 is 14.6 Å². The van der Waals surface area contributed by atoms with E-state index in [0.29, 0.717) is 19.6 Å². The zero-order chi connectivity index (χ0) is 15.1. The molecule has 1 aliphatic carbocycles.